The number of rotatable bonds is 4. The molecule has 0 aliphatic heterocycles. The Morgan fingerprint density at radius 2 is 1.88 bits per heavy atom. The van der Waals surface area contributed by atoms with Crippen molar-refractivity contribution >= 4 is 23.3 Å². The maximum atomic E-state index is 12.8. The first-order chi connectivity index (χ1) is 11.3. The van der Waals surface area contributed by atoms with Crippen LogP contribution in [0.3, 0.4) is 0 Å². The average molecular weight is 340 g/mol. The molecule has 0 aliphatic rings. The smallest absolute Gasteiger partial charge is 0.253 e. The van der Waals surface area contributed by atoms with Crippen LogP contribution >= 0.6 is 11.8 Å². The maximum Gasteiger partial charge on any atom is 0.253 e. The summed E-state index contributed by atoms with van der Waals surface area (Å²) >= 11 is 1.37. The third kappa shape index (κ3) is 3.19. The summed E-state index contributed by atoms with van der Waals surface area (Å²) in [5.41, 5.74) is 4.73. The van der Waals surface area contributed by atoms with Gasteiger partial charge in [-0.1, -0.05) is 29.5 Å². The zero-order valence-electron chi connectivity index (χ0n) is 14.5. The van der Waals surface area contributed by atoms with Crippen molar-refractivity contribution < 1.29 is 4.79 Å². The Bertz CT molecular complexity index is 932. The van der Waals surface area contributed by atoms with Crippen LogP contribution in [0.15, 0.2) is 29.4 Å². The van der Waals surface area contributed by atoms with Crippen molar-refractivity contribution in [3.63, 3.8) is 0 Å². The molecule has 24 heavy (non-hydrogen) atoms. The van der Waals surface area contributed by atoms with Crippen LogP contribution in [-0.4, -0.2) is 30.6 Å². The van der Waals surface area contributed by atoms with E-state index in [0.29, 0.717) is 10.9 Å². The molecule has 1 aromatic carbocycles. The first-order valence-electron chi connectivity index (χ1n) is 7.84. The second-order valence-electron chi connectivity index (χ2n) is 6.09. The van der Waals surface area contributed by atoms with E-state index < -0.39 is 0 Å². The van der Waals surface area contributed by atoms with Crippen LogP contribution in [0.5, 0.6) is 0 Å². The van der Waals surface area contributed by atoms with E-state index in [2.05, 4.69) is 15.1 Å². The zero-order valence-corrected chi connectivity index (χ0v) is 15.3. The summed E-state index contributed by atoms with van der Waals surface area (Å²) in [5.74, 6) is 0.669. The Balaban J connectivity index is 1.86. The summed E-state index contributed by atoms with van der Waals surface area (Å²) in [7, 11) is 0. The standard InChI is InChI=1S/C18H20N4OS/c1-10-6-7-11(2)15(8-10)16(23)14(5)24-18-20-17-19-12(3)9-13(4)22(17)21-18/h6-9,14H,1-5H3. The van der Waals surface area contributed by atoms with E-state index in [9.17, 15) is 4.79 Å². The van der Waals surface area contributed by atoms with E-state index in [-0.39, 0.29) is 11.0 Å². The Kier molecular flexibility index (Phi) is 4.41. The Hall–Kier alpha value is -2.21. The number of benzene rings is 1. The number of hydrogen-bond donors (Lipinski definition) is 0. The SMILES string of the molecule is Cc1ccc(C)c(C(=O)C(C)Sc2nc3nc(C)cc(C)n3n2)c1. The lowest BCUT2D eigenvalue weighted by Crippen LogP contribution is -2.15. The molecule has 0 saturated carbocycles. The van der Waals surface area contributed by atoms with Gasteiger partial charge >= 0.3 is 0 Å². The van der Waals surface area contributed by atoms with Crippen LogP contribution in [0.4, 0.5) is 0 Å². The largest absolute Gasteiger partial charge is 0.293 e. The number of Topliss-reactive ketones (excluding diaryl/α,β-unsaturated/α-hetero) is 1. The third-order valence-corrected chi connectivity index (χ3v) is 4.86. The van der Waals surface area contributed by atoms with E-state index >= 15 is 0 Å². The molecule has 0 spiro atoms. The van der Waals surface area contributed by atoms with Crippen LogP contribution < -0.4 is 0 Å². The number of thioether (sulfide) groups is 1. The van der Waals surface area contributed by atoms with Gasteiger partial charge in [-0.3, -0.25) is 4.79 Å². The average Bonchev–Trinajstić information content (AvgIpc) is 2.91. The van der Waals surface area contributed by atoms with Crippen molar-refractivity contribution in [3.8, 4) is 0 Å². The molecule has 124 valence electrons. The van der Waals surface area contributed by atoms with E-state index in [1.54, 1.807) is 4.52 Å². The fraction of sp³-hybridized carbons (Fsp3) is 0.333. The quantitative estimate of drug-likeness (QED) is 0.535. The molecule has 0 amide bonds. The monoisotopic (exact) mass is 340 g/mol. The normalized spacial score (nSPS) is 12.5. The molecule has 5 nitrogen and oxygen atoms in total. The lowest BCUT2D eigenvalue weighted by Gasteiger charge is -2.11. The van der Waals surface area contributed by atoms with Gasteiger partial charge in [0.05, 0.1) is 5.25 Å². The van der Waals surface area contributed by atoms with Crippen LogP contribution in [-0.2, 0) is 0 Å². The topological polar surface area (TPSA) is 60.2 Å². The summed E-state index contributed by atoms with van der Waals surface area (Å²) in [6, 6.07) is 7.91. The molecule has 6 heteroatoms. The highest BCUT2D eigenvalue weighted by Gasteiger charge is 2.21. The lowest BCUT2D eigenvalue weighted by atomic mass is 10.0. The predicted octanol–water partition coefficient (Wildman–Crippen LogP) is 3.72. The van der Waals surface area contributed by atoms with Crippen molar-refractivity contribution in [2.24, 2.45) is 0 Å². The zero-order chi connectivity index (χ0) is 17.4. The van der Waals surface area contributed by atoms with Crippen LogP contribution in [0.1, 0.15) is 39.8 Å². The number of aromatic nitrogens is 4. The van der Waals surface area contributed by atoms with E-state index in [4.69, 9.17) is 0 Å². The number of carbonyl (C=O) groups is 1. The van der Waals surface area contributed by atoms with Gasteiger partial charge in [0, 0.05) is 17.0 Å². The highest BCUT2D eigenvalue weighted by molar-refractivity contribution is 8.00. The van der Waals surface area contributed by atoms with Crippen molar-refractivity contribution in [1.29, 1.82) is 0 Å². The summed E-state index contributed by atoms with van der Waals surface area (Å²) in [6.07, 6.45) is 0. The molecule has 2 heterocycles. The Morgan fingerprint density at radius 1 is 1.12 bits per heavy atom. The second-order valence-corrected chi connectivity index (χ2v) is 7.40. The molecule has 0 bridgehead atoms. The summed E-state index contributed by atoms with van der Waals surface area (Å²) in [5, 5.41) is 4.77. The van der Waals surface area contributed by atoms with Gasteiger partial charge in [0.2, 0.25) is 5.16 Å². The molecule has 1 unspecified atom stereocenters. The van der Waals surface area contributed by atoms with Crippen LogP contribution in [0, 0.1) is 27.7 Å². The first kappa shape index (κ1) is 16.6. The minimum atomic E-state index is -0.260. The number of carbonyl (C=O) groups excluding carboxylic acids is 1. The number of ketones is 1. The lowest BCUT2D eigenvalue weighted by molar-refractivity contribution is 0.0993. The number of hydrogen-bond acceptors (Lipinski definition) is 5. The molecular formula is C18H20N4OS. The molecule has 2 aromatic heterocycles. The van der Waals surface area contributed by atoms with Crippen LogP contribution in [0.2, 0.25) is 0 Å². The van der Waals surface area contributed by atoms with E-state index in [0.717, 1.165) is 28.1 Å². The van der Waals surface area contributed by atoms with E-state index in [1.165, 1.54) is 11.8 Å². The minimum absolute atomic E-state index is 0.0981. The molecule has 0 radical (unpaired) electrons. The highest BCUT2D eigenvalue weighted by Crippen LogP contribution is 2.25. The molecule has 0 aliphatic carbocycles. The molecule has 3 aromatic rings. The van der Waals surface area contributed by atoms with Crippen molar-refractivity contribution in [3.05, 3.63) is 52.3 Å². The second kappa shape index (κ2) is 6.36. The Labute approximate surface area is 145 Å². The van der Waals surface area contributed by atoms with Gasteiger partial charge in [0.1, 0.15) is 0 Å². The van der Waals surface area contributed by atoms with Gasteiger partial charge in [0.15, 0.2) is 5.78 Å². The van der Waals surface area contributed by atoms with E-state index in [1.807, 2.05) is 58.9 Å². The number of aryl methyl sites for hydroxylation is 4. The van der Waals surface area contributed by atoms with Gasteiger partial charge < -0.3 is 0 Å². The molecule has 0 saturated heterocycles. The van der Waals surface area contributed by atoms with Gasteiger partial charge in [0.25, 0.3) is 5.78 Å². The minimum Gasteiger partial charge on any atom is -0.293 e. The summed E-state index contributed by atoms with van der Waals surface area (Å²) < 4.78 is 1.71. The number of nitrogens with zero attached hydrogens (tertiary/aromatic N) is 4. The molecular weight excluding hydrogens is 320 g/mol. The van der Waals surface area contributed by atoms with Crippen molar-refractivity contribution in [2.75, 3.05) is 0 Å². The highest BCUT2D eigenvalue weighted by atomic mass is 32.2. The third-order valence-electron chi connectivity index (χ3n) is 3.91. The molecule has 1 atom stereocenters. The Morgan fingerprint density at radius 3 is 2.62 bits per heavy atom. The fourth-order valence-electron chi connectivity index (χ4n) is 2.63. The van der Waals surface area contributed by atoms with Crippen LogP contribution in [0.25, 0.3) is 5.78 Å². The fourth-order valence-corrected chi connectivity index (χ4v) is 3.44. The van der Waals surface area contributed by atoms with Gasteiger partial charge in [-0.25, -0.2) is 9.50 Å². The molecule has 0 N–H and O–H groups in total. The molecule has 3 rings (SSSR count). The predicted molar refractivity (Wildman–Crippen MR) is 95.8 cm³/mol. The van der Waals surface area contributed by atoms with Gasteiger partial charge in [-0.2, -0.15) is 4.98 Å². The summed E-state index contributed by atoms with van der Waals surface area (Å²) in [6.45, 7) is 9.75. The maximum absolute atomic E-state index is 12.8. The summed E-state index contributed by atoms with van der Waals surface area (Å²) in [4.78, 5) is 21.6. The van der Waals surface area contributed by atoms with Crippen molar-refractivity contribution in [1.82, 2.24) is 19.6 Å². The van der Waals surface area contributed by atoms with Crippen molar-refractivity contribution in [2.45, 2.75) is 45.0 Å². The first-order valence-corrected chi connectivity index (χ1v) is 8.72. The molecule has 0 fully saturated rings. The van der Waals surface area contributed by atoms with Gasteiger partial charge in [-0.15, -0.1) is 5.10 Å². The van der Waals surface area contributed by atoms with Gasteiger partial charge in [-0.05, 0) is 52.3 Å². The number of fused-ring (bicyclic) bond motifs is 1.